The third kappa shape index (κ3) is 1.68. The Hall–Kier alpha value is -0.0800. The van der Waals surface area contributed by atoms with Crippen molar-refractivity contribution in [3.05, 3.63) is 0 Å². The van der Waals surface area contributed by atoms with Crippen LogP contribution < -0.4 is 0 Å². The Balaban J connectivity index is 1.91. The first-order valence-electron chi connectivity index (χ1n) is 8.13. The SMILES string of the molecule is COC1(O)CCCCC1[C@@H]1C[C@H]2CC[C@]1(C)C2(C)C. The van der Waals surface area contributed by atoms with Crippen LogP contribution in [-0.2, 0) is 4.74 Å². The molecule has 0 amide bonds. The number of hydrogen-bond acceptors (Lipinski definition) is 2. The summed E-state index contributed by atoms with van der Waals surface area (Å²) in [6.07, 6.45) is 8.37. The number of methoxy groups -OCH3 is 1. The van der Waals surface area contributed by atoms with Crippen molar-refractivity contribution in [2.24, 2.45) is 28.6 Å². The molecule has 3 aliphatic carbocycles. The minimum absolute atomic E-state index is 0.348. The monoisotopic (exact) mass is 266 g/mol. The molecular formula is C17H30O2. The molecule has 0 radical (unpaired) electrons. The molecule has 0 spiro atoms. The molecule has 1 N–H and O–H groups in total. The van der Waals surface area contributed by atoms with E-state index in [0.29, 0.717) is 22.7 Å². The predicted molar refractivity (Wildman–Crippen MR) is 76.6 cm³/mol. The number of fused-ring (bicyclic) bond motifs is 2. The highest BCUT2D eigenvalue weighted by atomic mass is 16.6. The average molecular weight is 266 g/mol. The molecule has 2 unspecified atom stereocenters. The van der Waals surface area contributed by atoms with Crippen molar-refractivity contribution in [1.29, 1.82) is 0 Å². The summed E-state index contributed by atoms with van der Waals surface area (Å²) in [4.78, 5) is 0. The Morgan fingerprint density at radius 2 is 1.74 bits per heavy atom. The molecule has 0 saturated heterocycles. The maximum absolute atomic E-state index is 10.9. The molecule has 110 valence electrons. The second-order valence-electron chi connectivity index (χ2n) is 8.12. The highest BCUT2D eigenvalue weighted by Gasteiger charge is 2.64. The van der Waals surface area contributed by atoms with E-state index in [1.165, 1.54) is 25.7 Å². The summed E-state index contributed by atoms with van der Waals surface area (Å²) in [6.45, 7) is 7.40. The van der Waals surface area contributed by atoms with Gasteiger partial charge in [-0.1, -0.05) is 27.2 Å². The quantitative estimate of drug-likeness (QED) is 0.766. The number of ether oxygens (including phenoxy) is 1. The van der Waals surface area contributed by atoms with E-state index in [9.17, 15) is 5.11 Å². The molecule has 3 fully saturated rings. The summed E-state index contributed by atoms with van der Waals surface area (Å²) in [5, 5.41) is 10.9. The molecule has 3 aliphatic rings. The van der Waals surface area contributed by atoms with Gasteiger partial charge < -0.3 is 9.84 Å². The lowest BCUT2D eigenvalue weighted by atomic mass is 9.60. The summed E-state index contributed by atoms with van der Waals surface area (Å²) in [6, 6.07) is 0. The van der Waals surface area contributed by atoms with Gasteiger partial charge in [-0.3, -0.25) is 0 Å². The van der Waals surface area contributed by atoms with Crippen LogP contribution >= 0.6 is 0 Å². The van der Waals surface area contributed by atoms with Gasteiger partial charge in [-0.05, 0) is 54.8 Å². The van der Waals surface area contributed by atoms with E-state index >= 15 is 0 Å². The van der Waals surface area contributed by atoms with Crippen molar-refractivity contribution in [3.8, 4) is 0 Å². The molecule has 0 aliphatic heterocycles. The van der Waals surface area contributed by atoms with Crippen LogP contribution in [0.15, 0.2) is 0 Å². The van der Waals surface area contributed by atoms with E-state index in [1.54, 1.807) is 7.11 Å². The van der Waals surface area contributed by atoms with Gasteiger partial charge in [0, 0.05) is 19.4 Å². The molecule has 0 heterocycles. The van der Waals surface area contributed by atoms with Crippen LogP contribution in [0.5, 0.6) is 0 Å². The second kappa shape index (κ2) is 4.21. The summed E-state index contributed by atoms with van der Waals surface area (Å²) in [7, 11) is 1.69. The maximum Gasteiger partial charge on any atom is 0.168 e. The van der Waals surface area contributed by atoms with Crippen LogP contribution in [0.25, 0.3) is 0 Å². The van der Waals surface area contributed by atoms with Gasteiger partial charge in [-0.25, -0.2) is 0 Å². The first kappa shape index (κ1) is 13.9. The van der Waals surface area contributed by atoms with E-state index in [2.05, 4.69) is 20.8 Å². The van der Waals surface area contributed by atoms with Gasteiger partial charge in [0.1, 0.15) is 0 Å². The molecule has 2 bridgehead atoms. The van der Waals surface area contributed by atoms with E-state index in [4.69, 9.17) is 4.74 Å². The van der Waals surface area contributed by atoms with Gasteiger partial charge in [0.15, 0.2) is 5.79 Å². The number of aliphatic hydroxyl groups is 1. The summed E-state index contributed by atoms with van der Waals surface area (Å²) >= 11 is 0. The molecule has 0 aromatic carbocycles. The van der Waals surface area contributed by atoms with Crippen molar-refractivity contribution in [2.45, 2.75) is 71.5 Å². The second-order valence-corrected chi connectivity index (χ2v) is 8.12. The fourth-order valence-corrected chi connectivity index (χ4v) is 5.80. The molecular weight excluding hydrogens is 236 g/mol. The highest BCUT2D eigenvalue weighted by molar-refractivity contribution is 5.12. The standard InChI is InChI=1S/C17H30O2/c1-15(2)12-8-10-16(15,3)14(11-12)13-7-5-6-9-17(13,18)19-4/h12-14,18H,5-11H2,1-4H3/t12-,13?,14+,16+,17?/m1/s1. The lowest BCUT2D eigenvalue weighted by molar-refractivity contribution is -0.256. The fourth-order valence-electron chi connectivity index (χ4n) is 5.80. The van der Waals surface area contributed by atoms with Crippen LogP contribution in [-0.4, -0.2) is 18.0 Å². The van der Waals surface area contributed by atoms with Gasteiger partial charge in [0.05, 0.1) is 0 Å². The lowest BCUT2D eigenvalue weighted by Gasteiger charge is -2.49. The Labute approximate surface area is 117 Å². The van der Waals surface area contributed by atoms with Crippen molar-refractivity contribution >= 4 is 0 Å². The molecule has 2 nitrogen and oxygen atoms in total. The molecule has 0 aromatic rings. The Kier molecular flexibility index (Phi) is 3.07. The van der Waals surface area contributed by atoms with Gasteiger partial charge in [0.25, 0.3) is 0 Å². The molecule has 3 rings (SSSR count). The van der Waals surface area contributed by atoms with Crippen molar-refractivity contribution < 1.29 is 9.84 Å². The Morgan fingerprint density at radius 1 is 1.00 bits per heavy atom. The predicted octanol–water partition coefficient (Wildman–Crippen LogP) is 3.97. The molecule has 0 aromatic heterocycles. The maximum atomic E-state index is 10.9. The molecule has 19 heavy (non-hydrogen) atoms. The van der Waals surface area contributed by atoms with E-state index in [-0.39, 0.29) is 0 Å². The van der Waals surface area contributed by atoms with Gasteiger partial charge in [0.2, 0.25) is 0 Å². The first-order valence-corrected chi connectivity index (χ1v) is 8.13. The zero-order valence-electron chi connectivity index (χ0n) is 13.0. The van der Waals surface area contributed by atoms with Crippen LogP contribution in [0.4, 0.5) is 0 Å². The largest absolute Gasteiger partial charge is 0.365 e. The Bertz CT molecular complexity index is 364. The normalized spacial score (nSPS) is 52.6. The Morgan fingerprint density at radius 3 is 2.26 bits per heavy atom. The van der Waals surface area contributed by atoms with Crippen molar-refractivity contribution in [3.63, 3.8) is 0 Å². The highest BCUT2D eigenvalue weighted by Crippen LogP contribution is 2.71. The van der Waals surface area contributed by atoms with Crippen molar-refractivity contribution in [2.75, 3.05) is 7.11 Å². The average Bonchev–Trinajstić information content (AvgIpc) is 2.72. The van der Waals surface area contributed by atoms with Gasteiger partial charge in [-0.2, -0.15) is 0 Å². The van der Waals surface area contributed by atoms with Gasteiger partial charge in [-0.15, -0.1) is 0 Å². The van der Waals surface area contributed by atoms with E-state index in [0.717, 1.165) is 25.2 Å². The molecule has 3 saturated carbocycles. The van der Waals surface area contributed by atoms with Crippen LogP contribution in [0.1, 0.15) is 65.7 Å². The van der Waals surface area contributed by atoms with E-state index in [1.807, 2.05) is 0 Å². The lowest BCUT2D eigenvalue weighted by Crippen LogP contribution is -2.50. The molecule has 2 heteroatoms. The van der Waals surface area contributed by atoms with Crippen LogP contribution in [0.2, 0.25) is 0 Å². The van der Waals surface area contributed by atoms with Gasteiger partial charge >= 0.3 is 0 Å². The van der Waals surface area contributed by atoms with Crippen molar-refractivity contribution in [1.82, 2.24) is 0 Å². The molecule has 5 atom stereocenters. The summed E-state index contributed by atoms with van der Waals surface area (Å²) in [5.74, 6) is 0.991. The third-order valence-corrected chi connectivity index (χ3v) is 7.58. The first-order chi connectivity index (χ1) is 8.85. The van der Waals surface area contributed by atoms with E-state index < -0.39 is 5.79 Å². The smallest absolute Gasteiger partial charge is 0.168 e. The topological polar surface area (TPSA) is 29.5 Å². The fraction of sp³-hybridized carbons (Fsp3) is 1.00. The number of rotatable bonds is 2. The number of hydrogen-bond donors (Lipinski definition) is 1. The third-order valence-electron chi connectivity index (χ3n) is 7.58. The summed E-state index contributed by atoms with van der Waals surface area (Å²) in [5.41, 5.74) is 0.829. The zero-order valence-corrected chi connectivity index (χ0v) is 13.0. The minimum Gasteiger partial charge on any atom is -0.365 e. The van der Waals surface area contributed by atoms with Crippen LogP contribution in [0, 0.1) is 28.6 Å². The zero-order chi connectivity index (χ0) is 13.9. The minimum atomic E-state index is -0.855. The van der Waals surface area contributed by atoms with Crippen LogP contribution in [0.3, 0.4) is 0 Å². The summed E-state index contributed by atoms with van der Waals surface area (Å²) < 4.78 is 5.58.